The summed E-state index contributed by atoms with van der Waals surface area (Å²) in [6, 6.07) is 0.470. The van der Waals surface area contributed by atoms with E-state index in [0.717, 1.165) is 12.8 Å². The van der Waals surface area contributed by atoms with E-state index in [1.807, 2.05) is 0 Å². The summed E-state index contributed by atoms with van der Waals surface area (Å²) < 4.78 is 4.92. The fraction of sp³-hybridized carbons (Fsp3) is 0.455. The summed E-state index contributed by atoms with van der Waals surface area (Å²) in [6.07, 6.45) is 2.27. The number of hydrogen-bond donors (Lipinski definition) is 3. The Labute approximate surface area is 118 Å². The summed E-state index contributed by atoms with van der Waals surface area (Å²) in [4.78, 5) is 20.6. The number of aromatic nitrogens is 3. The second kappa shape index (κ2) is 5.08. The van der Waals surface area contributed by atoms with Gasteiger partial charge in [-0.1, -0.05) is 16.5 Å². The van der Waals surface area contributed by atoms with E-state index < -0.39 is 0 Å². The molecule has 2 aromatic rings. The first-order chi connectivity index (χ1) is 9.61. The number of nitrogens with one attached hydrogen (secondary N) is 2. The average Bonchev–Trinajstić information content (AvgIpc) is 3.00. The SMILES string of the molecule is Cc1noc(CNC(=O)c2sc(NC3CC3)nc2N)n1. The zero-order valence-electron chi connectivity index (χ0n) is 10.8. The Kier molecular flexibility index (Phi) is 3.26. The van der Waals surface area contributed by atoms with Crippen LogP contribution in [0.5, 0.6) is 0 Å². The van der Waals surface area contributed by atoms with E-state index >= 15 is 0 Å². The van der Waals surface area contributed by atoms with Gasteiger partial charge in [0.25, 0.3) is 5.91 Å². The van der Waals surface area contributed by atoms with Crippen LogP contribution in [0.15, 0.2) is 4.52 Å². The van der Waals surface area contributed by atoms with Crippen LogP contribution in [0, 0.1) is 6.92 Å². The van der Waals surface area contributed by atoms with Crippen molar-refractivity contribution in [3.8, 4) is 0 Å². The summed E-state index contributed by atoms with van der Waals surface area (Å²) in [5.74, 6) is 0.829. The van der Waals surface area contributed by atoms with Crippen LogP contribution in [0.25, 0.3) is 0 Å². The van der Waals surface area contributed by atoms with Gasteiger partial charge in [0.15, 0.2) is 11.0 Å². The largest absolute Gasteiger partial charge is 0.382 e. The van der Waals surface area contributed by atoms with Gasteiger partial charge in [0.1, 0.15) is 10.7 Å². The molecule has 0 radical (unpaired) electrons. The first-order valence-corrected chi connectivity index (χ1v) is 7.03. The Balaban J connectivity index is 1.62. The second-order valence-corrected chi connectivity index (χ2v) is 5.57. The Morgan fingerprint density at radius 2 is 2.30 bits per heavy atom. The monoisotopic (exact) mass is 294 g/mol. The van der Waals surface area contributed by atoms with Crippen molar-refractivity contribution in [2.45, 2.75) is 32.4 Å². The quantitative estimate of drug-likeness (QED) is 0.750. The smallest absolute Gasteiger partial charge is 0.265 e. The first kappa shape index (κ1) is 12.9. The minimum atomic E-state index is -0.292. The summed E-state index contributed by atoms with van der Waals surface area (Å²) in [7, 11) is 0. The van der Waals surface area contributed by atoms with E-state index in [0.29, 0.717) is 27.8 Å². The lowest BCUT2D eigenvalue weighted by Gasteiger charge is -1.99. The average molecular weight is 294 g/mol. The van der Waals surface area contributed by atoms with E-state index in [2.05, 4.69) is 25.8 Å². The molecule has 4 N–H and O–H groups in total. The number of nitrogens with zero attached hydrogens (tertiary/aromatic N) is 3. The molecule has 9 heteroatoms. The molecule has 0 unspecified atom stereocenters. The van der Waals surface area contributed by atoms with Crippen molar-refractivity contribution in [2.75, 3.05) is 11.1 Å². The van der Waals surface area contributed by atoms with Crippen LogP contribution in [0.4, 0.5) is 10.9 Å². The number of hydrogen-bond acceptors (Lipinski definition) is 8. The Bertz CT molecular complexity index is 633. The van der Waals surface area contributed by atoms with E-state index in [-0.39, 0.29) is 18.3 Å². The maximum absolute atomic E-state index is 12.0. The van der Waals surface area contributed by atoms with E-state index in [4.69, 9.17) is 10.3 Å². The number of thiazole rings is 1. The van der Waals surface area contributed by atoms with Gasteiger partial charge in [-0.15, -0.1) is 0 Å². The van der Waals surface area contributed by atoms with Crippen molar-refractivity contribution in [3.63, 3.8) is 0 Å². The third kappa shape index (κ3) is 2.87. The molecule has 0 aliphatic heterocycles. The van der Waals surface area contributed by atoms with Crippen molar-refractivity contribution >= 4 is 28.2 Å². The number of rotatable bonds is 5. The van der Waals surface area contributed by atoms with Gasteiger partial charge < -0.3 is 20.9 Å². The third-order valence-corrected chi connectivity index (χ3v) is 3.74. The van der Waals surface area contributed by atoms with Crippen molar-refractivity contribution in [2.24, 2.45) is 0 Å². The predicted octanol–water partition coefficient (Wildman–Crippen LogP) is 0.921. The van der Waals surface area contributed by atoms with Crippen LogP contribution in [0.1, 0.15) is 34.2 Å². The van der Waals surface area contributed by atoms with E-state index in [1.165, 1.54) is 11.3 Å². The Hall–Kier alpha value is -2.16. The lowest BCUT2D eigenvalue weighted by molar-refractivity contribution is 0.0951. The topological polar surface area (TPSA) is 119 Å². The van der Waals surface area contributed by atoms with Gasteiger partial charge >= 0.3 is 0 Å². The van der Waals surface area contributed by atoms with Crippen LogP contribution in [-0.2, 0) is 6.54 Å². The molecule has 8 nitrogen and oxygen atoms in total. The molecule has 0 spiro atoms. The molecule has 0 saturated heterocycles. The van der Waals surface area contributed by atoms with Crippen LogP contribution < -0.4 is 16.4 Å². The molecular weight excluding hydrogens is 280 g/mol. The highest BCUT2D eigenvalue weighted by molar-refractivity contribution is 7.18. The number of nitrogen functional groups attached to an aromatic ring is 1. The van der Waals surface area contributed by atoms with Crippen LogP contribution in [0.3, 0.4) is 0 Å². The minimum Gasteiger partial charge on any atom is -0.382 e. The summed E-state index contributed by atoms with van der Waals surface area (Å²) in [5.41, 5.74) is 5.76. The van der Waals surface area contributed by atoms with Gasteiger partial charge in [0.05, 0.1) is 6.54 Å². The number of anilines is 2. The number of carbonyl (C=O) groups is 1. The Morgan fingerprint density at radius 1 is 1.50 bits per heavy atom. The lowest BCUT2D eigenvalue weighted by atomic mass is 10.4. The molecule has 0 bridgehead atoms. The molecule has 2 aromatic heterocycles. The minimum absolute atomic E-state index is 0.169. The molecule has 1 fully saturated rings. The van der Waals surface area contributed by atoms with Crippen molar-refractivity contribution in [3.05, 3.63) is 16.6 Å². The molecule has 3 rings (SSSR count). The van der Waals surface area contributed by atoms with Gasteiger partial charge in [-0.25, -0.2) is 4.98 Å². The second-order valence-electron chi connectivity index (χ2n) is 4.57. The van der Waals surface area contributed by atoms with Gasteiger partial charge in [0.2, 0.25) is 5.89 Å². The highest BCUT2D eigenvalue weighted by atomic mass is 32.1. The molecule has 0 aromatic carbocycles. The van der Waals surface area contributed by atoms with Crippen molar-refractivity contribution in [1.82, 2.24) is 20.4 Å². The number of carbonyl (C=O) groups excluding carboxylic acids is 1. The predicted molar refractivity (Wildman–Crippen MR) is 73.4 cm³/mol. The Morgan fingerprint density at radius 3 is 2.95 bits per heavy atom. The van der Waals surface area contributed by atoms with E-state index in [1.54, 1.807) is 6.92 Å². The maximum Gasteiger partial charge on any atom is 0.265 e. The van der Waals surface area contributed by atoms with Gasteiger partial charge in [0, 0.05) is 6.04 Å². The summed E-state index contributed by atoms with van der Waals surface area (Å²) in [5, 5.41) is 10.2. The number of nitrogens with two attached hydrogens (primary N) is 1. The molecule has 1 saturated carbocycles. The van der Waals surface area contributed by atoms with Crippen molar-refractivity contribution in [1.29, 1.82) is 0 Å². The number of amides is 1. The standard InChI is InChI=1S/C11H14N6O2S/c1-5-14-7(19-17-5)4-13-10(18)8-9(12)16-11(20-8)15-6-2-3-6/h6H,2-4,12H2,1H3,(H,13,18)(H,15,16). The van der Waals surface area contributed by atoms with Crippen LogP contribution in [-0.4, -0.2) is 27.1 Å². The summed E-state index contributed by atoms with van der Waals surface area (Å²) >= 11 is 1.25. The van der Waals surface area contributed by atoms with Gasteiger partial charge in [-0.2, -0.15) is 4.98 Å². The van der Waals surface area contributed by atoms with Crippen LogP contribution >= 0.6 is 11.3 Å². The van der Waals surface area contributed by atoms with Crippen molar-refractivity contribution < 1.29 is 9.32 Å². The van der Waals surface area contributed by atoms with E-state index in [9.17, 15) is 4.79 Å². The molecule has 1 amide bonds. The molecule has 0 atom stereocenters. The highest BCUT2D eigenvalue weighted by Gasteiger charge is 2.24. The normalized spacial score (nSPS) is 14.2. The fourth-order valence-corrected chi connectivity index (χ4v) is 2.48. The number of aryl methyl sites for hydroxylation is 1. The molecule has 2 heterocycles. The fourth-order valence-electron chi connectivity index (χ4n) is 1.61. The van der Waals surface area contributed by atoms with Crippen LogP contribution in [0.2, 0.25) is 0 Å². The molecule has 1 aliphatic carbocycles. The maximum atomic E-state index is 12.0. The third-order valence-electron chi connectivity index (χ3n) is 2.73. The summed E-state index contributed by atoms with van der Waals surface area (Å²) in [6.45, 7) is 1.88. The lowest BCUT2D eigenvalue weighted by Crippen LogP contribution is -2.22. The highest BCUT2D eigenvalue weighted by Crippen LogP contribution is 2.30. The zero-order chi connectivity index (χ0) is 14.1. The van der Waals surface area contributed by atoms with Gasteiger partial charge in [-0.05, 0) is 19.8 Å². The molecular formula is C11H14N6O2S. The zero-order valence-corrected chi connectivity index (χ0v) is 11.7. The molecule has 1 aliphatic rings. The van der Waals surface area contributed by atoms with Gasteiger partial charge in [-0.3, -0.25) is 4.79 Å². The molecule has 20 heavy (non-hydrogen) atoms. The first-order valence-electron chi connectivity index (χ1n) is 6.22. The molecule has 106 valence electrons.